The lowest BCUT2D eigenvalue weighted by atomic mass is 10.0. The van der Waals surface area contributed by atoms with Gasteiger partial charge in [-0.2, -0.15) is 0 Å². The summed E-state index contributed by atoms with van der Waals surface area (Å²) in [5, 5.41) is 12.8. The molecule has 1 saturated heterocycles. The Balaban J connectivity index is 1.74. The summed E-state index contributed by atoms with van der Waals surface area (Å²) in [6.07, 6.45) is 2.54. The van der Waals surface area contributed by atoms with Gasteiger partial charge in [-0.15, -0.1) is 0 Å². The molecule has 0 radical (unpaired) electrons. The summed E-state index contributed by atoms with van der Waals surface area (Å²) in [5.41, 5.74) is 1.25. The zero-order valence-electron chi connectivity index (χ0n) is 11.2. The van der Waals surface area contributed by atoms with E-state index in [9.17, 15) is 5.11 Å². The van der Waals surface area contributed by atoms with Gasteiger partial charge in [-0.1, -0.05) is 12.1 Å². The highest BCUT2D eigenvalue weighted by molar-refractivity contribution is 5.26. The Hall–Kier alpha value is -1.06. The molecule has 18 heavy (non-hydrogen) atoms. The highest BCUT2D eigenvalue weighted by Crippen LogP contribution is 2.19. The van der Waals surface area contributed by atoms with Crippen molar-refractivity contribution in [2.75, 3.05) is 13.2 Å². The fraction of sp³-hybridized carbons (Fsp3) is 0.600. The minimum atomic E-state index is 0.330. The number of benzene rings is 1. The maximum atomic E-state index is 9.24. The predicted molar refractivity (Wildman–Crippen MR) is 72.8 cm³/mol. The van der Waals surface area contributed by atoms with E-state index in [0.29, 0.717) is 23.8 Å². The molecule has 0 bridgehead atoms. The zero-order chi connectivity index (χ0) is 13.0. The first kappa shape index (κ1) is 13.4. The van der Waals surface area contributed by atoms with E-state index >= 15 is 0 Å². The molecule has 0 amide bonds. The topological polar surface area (TPSA) is 41.5 Å². The Morgan fingerprint density at radius 3 is 2.72 bits per heavy atom. The first-order valence-electron chi connectivity index (χ1n) is 6.78. The largest absolute Gasteiger partial charge is 0.508 e. The van der Waals surface area contributed by atoms with Crippen LogP contribution < -0.4 is 5.32 Å². The molecule has 0 saturated carbocycles. The smallest absolute Gasteiger partial charge is 0.115 e. The first-order chi connectivity index (χ1) is 8.65. The van der Waals surface area contributed by atoms with Crippen LogP contribution in [0, 0.1) is 5.92 Å². The summed E-state index contributed by atoms with van der Waals surface area (Å²) in [7, 11) is 0. The van der Waals surface area contributed by atoms with Gasteiger partial charge in [-0.05, 0) is 50.3 Å². The van der Waals surface area contributed by atoms with Crippen LogP contribution >= 0.6 is 0 Å². The van der Waals surface area contributed by atoms with Crippen LogP contribution in [-0.4, -0.2) is 30.4 Å². The number of hydrogen-bond acceptors (Lipinski definition) is 3. The molecule has 1 heterocycles. The minimum absolute atomic E-state index is 0.330. The molecule has 2 N–H and O–H groups in total. The number of aromatic hydroxyl groups is 1. The molecular formula is C15H23NO2. The quantitative estimate of drug-likeness (QED) is 0.841. The number of rotatable bonds is 5. The van der Waals surface area contributed by atoms with Crippen molar-refractivity contribution in [3.8, 4) is 5.75 Å². The Morgan fingerprint density at radius 2 is 2.11 bits per heavy atom. The molecule has 0 aliphatic carbocycles. The molecule has 2 rings (SSSR count). The monoisotopic (exact) mass is 249 g/mol. The Kier molecular flexibility index (Phi) is 4.61. The average Bonchev–Trinajstić information content (AvgIpc) is 2.75. The van der Waals surface area contributed by atoms with Crippen molar-refractivity contribution in [1.82, 2.24) is 5.32 Å². The highest BCUT2D eigenvalue weighted by Gasteiger charge is 2.24. The summed E-state index contributed by atoms with van der Waals surface area (Å²) in [6, 6.07) is 7.90. The summed E-state index contributed by atoms with van der Waals surface area (Å²) in [5.74, 6) is 0.976. The molecule has 3 heteroatoms. The van der Waals surface area contributed by atoms with Crippen molar-refractivity contribution in [3.63, 3.8) is 0 Å². The molecule has 100 valence electrons. The van der Waals surface area contributed by atoms with Crippen molar-refractivity contribution in [2.45, 2.75) is 38.8 Å². The van der Waals surface area contributed by atoms with E-state index in [1.807, 2.05) is 12.1 Å². The van der Waals surface area contributed by atoms with Gasteiger partial charge in [0, 0.05) is 19.2 Å². The molecular weight excluding hydrogens is 226 g/mol. The zero-order valence-corrected chi connectivity index (χ0v) is 11.2. The standard InChI is InChI=1S/C15H23NO2/c1-11(9-13-3-5-15(17)6-4-13)16-10-14-7-8-18-12(14)2/h3-6,11-12,14,16-17H,7-10H2,1-2H3. The van der Waals surface area contributed by atoms with Crippen LogP contribution in [0.4, 0.5) is 0 Å². The van der Waals surface area contributed by atoms with Gasteiger partial charge < -0.3 is 15.2 Å². The number of nitrogens with one attached hydrogen (secondary N) is 1. The molecule has 1 aromatic rings. The normalized spacial score (nSPS) is 25.2. The molecule has 1 aliphatic rings. The van der Waals surface area contributed by atoms with E-state index in [-0.39, 0.29) is 0 Å². The third-order valence-corrected chi connectivity index (χ3v) is 3.74. The van der Waals surface area contributed by atoms with Gasteiger partial charge in [0.05, 0.1) is 6.10 Å². The van der Waals surface area contributed by atoms with Gasteiger partial charge in [0.25, 0.3) is 0 Å². The third kappa shape index (κ3) is 3.72. The summed E-state index contributed by atoms with van der Waals surface area (Å²) < 4.78 is 5.56. The Bertz CT molecular complexity index is 363. The maximum absolute atomic E-state index is 9.24. The summed E-state index contributed by atoms with van der Waals surface area (Å²) in [6.45, 7) is 6.29. The SMILES string of the molecule is CC(Cc1ccc(O)cc1)NCC1CCOC1C. The van der Waals surface area contributed by atoms with E-state index in [1.165, 1.54) is 12.0 Å². The Morgan fingerprint density at radius 1 is 1.39 bits per heavy atom. The summed E-state index contributed by atoms with van der Waals surface area (Å²) in [4.78, 5) is 0. The van der Waals surface area contributed by atoms with Crippen LogP contribution in [-0.2, 0) is 11.2 Å². The fourth-order valence-corrected chi connectivity index (χ4v) is 2.45. The molecule has 3 nitrogen and oxygen atoms in total. The molecule has 3 atom stereocenters. The lowest BCUT2D eigenvalue weighted by Gasteiger charge is -2.19. The van der Waals surface area contributed by atoms with Crippen LogP contribution in [0.3, 0.4) is 0 Å². The third-order valence-electron chi connectivity index (χ3n) is 3.74. The van der Waals surface area contributed by atoms with Crippen LogP contribution in [0.15, 0.2) is 24.3 Å². The Labute approximate surface area is 109 Å². The van der Waals surface area contributed by atoms with Crippen molar-refractivity contribution >= 4 is 0 Å². The molecule has 1 aliphatic heterocycles. The van der Waals surface area contributed by atoms with E-state index < -0.39 is 0 Å². The van der Waals surface area contributed by atoms with E-state index in [4.69, 9.17) is 4.74 Å². The van der Waals surface area contributed by atoms with Gasteiger partial charge >= 0.3 is 0 Å². The second-order valence-corrected chi connectivity index (χ2v) is 5.30. The number of ether oxygens (including phenoxy) is 1. The average molecular weight is 249 g/mol. The second-order valence-electron chi connectivity index (χ2n) is 5.30. The molecule has 0 spiro atoms. The fourth-order valence-electron chi connectivity index (χ4n) is 2.45. The first-order valence-corrected chi connectivity index (χ1v) is 6.78. The summed E-state index contributed by atoms with van der Waals surface area (Å²) >= 11 is 0. The van der Waals surface area contributed by atoms with Gasteiger partial charge in [-0.25, -0.2) is 0 Å². The predicted octanol–water partition coefficient (Wildman–Crippen LogP) is 2.34. The van der Waals surface area contributed by atoms with Crippen LogP contribution in [0.2, 0.25) is 0 Å². The number of hydrogen-bond donors (Lipinski definition) is 2. The van der Waals surface area contributed by atoms with Crippen molar-refractivity contribution in [1.29, 1.82) is 0 Å². The van der Waals surface area contributed by atoms with Crippen LogP contribution in [0.25, 0.3) is 0 Å². The van der Waals surface area contributed by atoms with Gasteiger partial charge in [0.15, 0.2) is 0 Å². The highest BCUT2D eigenvalue weighted by atomic mass is 16.5. The van der Waals surface area contributed by atoms with Gasteiger partial charge in [-0.3, -0.25) is 0 Å². The second kappa shape index (κ2) is 6.21. The number of phenolic OH excluding ortho intramolecular Hbond substituents is 1. The van der Waals surface area contributed by atoms with E-state index in [0.717, 1.165) is 19.6 Å². The van der Waals surface area contributed by atoms with Gasteiger partial charge in [0.2, 0.25) is 0 Å². The minimum Gasteiger partial charge on any atom is -0.508 e. The van der Waals surface area contributed by atoms with Crippen molar-refractivity contribution in [2.24, 2.45) is 5.92 Å². The number of phenols is 1. The molecule has 0 aromatic heterocycles. The van der Waals surface area contributed by atoms with Crippen molar-refractivity contribution < 1.29 is 9.84 Å². The lowest BCUT2D eigenvalue weighted by molar-refractivity contribution is 0.105. The van der Waals surface area contributed by atoms with E-state index in [1.54, 1.807) is 12.1 Å². The van der Waals surface area contributed by atoms with Crippen molar-refractivity contribution in [3.05, 3.63) is 29.8 Å². The maximum Gasteiger partial charge on any atom is 0.115 e. The molecule has 1 fully saturated rings. The van der Waals surface area contributed by atoms with Crippen LogP contribution in [0.5, 0.6) is 5.75 Å². The van der Waals surface area contributed by atoms with Crippen LogP contribution in [0.1, 0.15) is 25.8 Å². The van der Waals surface area contributed by atoms with E-state index in [2.05, 4.69) is 19.2 Å². The molecule has 1 aromatic carbocycles. The van der Waals surface area contributed by atoms with Gasteiger partial charge in [0.1, 0.15) is 5.75 Å². The molecule has 3 unspecified atom stereocenters. The lowest BCUT2D eigenvalue weighted by Crippen LogP contribution is -2.34.